The highest BCUT2D eigenvalue weighted by Gasteiger charge is 2.21. The van der Waals surface area contributed by atoms with Crippen molar-refractivity contribution in [1.82, 2.24) is 0 Å². The number of thiophene rings is 1. The Balaban J connectivity index is 2.72. The molecule has 5 nitrogen and oxygen atoms in total. The molecule has 0 aliphatic heterocycles. The minimum Gasteiger partial charge on any atom is -0.462 e. The molecular weight excluding hydrogens is 310 g/mol. The van der Waals surface area contributed by atoms with E-state index in [1.54, 1.807) is 14.0 Å². The van der Waals surface area contributed by atoms with Gasteiger partial charge in [-0.15, -0.1) is 23.1 Å². The van der Waals surface area contributed by atoms with Crippen molar-refractivity contribution in [1.29, 1.82) is 0 Å². The molecule has 7 heteroatoms. The summed E-state index contributed by atoms with van der Waals surface area (Å²) >= 11 is 2.89. The normalized spacial score (nSPS) is 10.5. The summed E-state index contributed by atoms with van der Waals surface area (Å²) in [6.07, 6.45) is 0. The molecule has 1 N–H and O–H groups in total. The second kappa shape index (κ2) is 9.07. The molecule has 0 bridgehead atoms. The topological polar surface area (TPSA) is 64.6 Å². The molecule has 0 aliphatic rings. The fourth-order valence-corrected chi connectivity index (χ4v) is 3.39. The molecule has 0 fully saturated rings. The van der Waals surface area contributed by atoms with E-state index in [1.165, 1.54) is 23.1 Å². The SMILES string of the molecule is CCOC(=O)c1c(NC(=O)CSCCOC)sc(C)c1C. The molecule has 1 aromatic rings. The maximum atomic E-state index is 12.0. The molecule has 1 rings (SSSR count). The van der Waals surface area contributed by atoms with Gasteiger partial charge in [-0.1, -0.05) is 0 Å². The fourth-order valence-electron chi connectivity index (χ4n) is 1.63. The van der Waals surface area contributed by atoms with E-state index in [4.69, 9.17) is 9.47 Å². The first-order valence-electron chi connectivity index (χ1n) is 6.64. The third-order valence-corrected chi connectivity index (χ3v) is 4.83. The molecule has 118 valence electrons. The number of hydrogen-bond acceptors (Lipinski definition) is 6. The summed E-state index contributed by atoms with van der Waals surface area (Å²) in [4.78, 5) is 24.9. The van der Waals surface area contributed by atoms with Gasteiger partial charge in [-0.05, 0) is 26.3 Å². The van der Waals surface area contributed by atoms with Crippen LogP contribution in [0, 0.1) is 13.8 Å². The van der Waals surface area contributed by atoms with Gasteiger partial charge in [-0.2, -0.15) is 0 Å². The molecule has 0 unspecified atom stereocenters. The van der Waals surface area contributed by atoms with Crippen LogP contribution in [0.3, 0.4) is 0 Å². The van der Waals surface area contributed by atoms with Crippen molar-refractivity contribution < 1.29 is 19.1 Å². The first-order valence-corrected chi connectivity index (χ1v) is 8.62. The van der Waals surface area contributed by atoms with E-state index in [0.717, 1.165) is 16.2 Å². The van der Waals surface area contributed by atoms with E-state index in [1.807, 2.05) is 13.8 Å². The number of nitrogens with one attached hydrogen (secondary N) is 1. The zero-order valence-electron chi connectivity index (χ0n) is 12.8. The standard InChI is InChI=1S/C14H21NO4S2/c1-5-19-14(17)12-9(2)10(3)21-13(12)15-11(16)8-20-7-6-18-4/h5-8H2,1-4H3,(H,15,16). The lowest BCUT2D eigenvalue weighted by atomic mass is 10.1. The highest BCUT2D eigenvalue weighted by Crippen LogP contribution is 2.33. The first-order chi connectivity index (χ1) is 10.0. The van der Waals surface area contributed by atoms with Crippen LogP contribution in [0.5, 0.6) is 0 Å². The van der Waals surface area contributed by atoms with Crippen LogP contribution >= 0.6 is 23.1 Å². The Labute approximate surface area is 133 Å². The summed E-state index contributed by atoms with van der Waals surface area (Å²) < 4.78 is 9.98. The summed E-state index contributed by atoms with van der Waals surface area (Å²) in [7, 11) is 1.63. The Kier molecular flexibility index (Phi) is 7.77. The maximum Gasteiger partial charge on any atom is 0.341 e. The predicted octanol–water partition coefficient (Wildman–Crippen LogP) is 2.86. The van der Waals surface area contributed by atoms with E-state index in [2.05, 4.69) is 5.32 Å². The van der Waals surface area contributed by atoms with Gasteiger partial charge < -0.3 is 14.8 Å². The van der Waals surface area contributed by atoms with Crippen LogP contribution in [0.2, 0.25) is 0 Å². The predicted molar refractivity (Wildman–Crippen MR) is 87.6 cm³/mol. The van der Waals surface area contributed by atoms with Crippen LogP contribution < -0.4 is 5.32 Å². The van der Waals surface area contributed by atoms with Gasteiger partial charge in [-0.25, -0.2) is 4.79 Å². The zero-order valence-corrected chi connectivity index (χ0v) is 14.4. The summed E-state index contributed by atoms with van der Waals surface area (Å²) in [6.45, 7) is 6.47. The van der Waals surface area contributed by atoms with E-state index >= 15 is 0 Å². The van der Waals surface area contributed by atoms with E-state index in [0.29, 0.717) is 29.5 Å². The number of amides is 1. The van der Waals surface area contributed by atoms with Gasteiger partial charge >= 0.3 is 5.97 Å². The number of ether oxygens (including phenoxy) is 2. The molecular formula is C14H21NO4S2. The van der Waals surface area contributed by atoms with Crippen LogP contribution in [-0.2, 0) is 14.3 Å². The molecule has 1 aromatic heterocycles. The lowest BCUT2D eigenvalue weighted by Gasteiger charge is -2.07. The number of thioether (sulfide) groups is 1. The first kappa shape index (κ1) is 18.0. The van der Waals surface area contributed by atoms with Crippen molar-refractivity contribution in [2.24, 2.45) is 0 Å². The van der Waals surface area contributed by atoms with Crippen LogP contribution in [0.15, 0.2) is 0 Å². The van der Waals surface area contributed by atoms with Crippen molar-refractivity contribution in [3.63, 3.8) is 0 Å². The summed E-state index contributed by atoms with van der Waals surface area (Å²) in [5.41, 5.74) is 1.33. The molecule has 0 atom stereocenters. The Morgan fingerprint density at radius 1 is 1.33 bits per heavy atom. The molecule has 1 heterocycles. The van der Waals surface area contributed by atoms with Gasteiger partial charge in [0.2, 0.25) is 5.91 Å². The molecule has 0 radical (unpaired) electrons. The molecule has 0 saturated heterocycles. The van der Waals surface area contributed by atoms with E-state index < -0.39 is 0 Å². The van der Waals surface area contributed by atoms with Crippen LogP contribution in [0.25, 0.3) is 0 Å². The zero-order chi connectivity index (χ0) is 15.8. The lowest BCUT2D eigenvalue weighted by molar-refractivity contribution is -0.113. The Morgan fingerprint density at radius 2 is 2.05 bits per heavy atom. The number of methoxy groups -OCH3 is 1. The largest absolute Gasteiger partial charge is 0.462 e. The highest BCUT2D eigenvalue weighted by molar-refractivity contribution is 7.99. The van der Waals surface area contributed by atoms with Gasteiger partial charge in [0, 0.05) is 17.7 Å². The minimum absolute atomic E-state index is 0.122. The van der Waals surface area contributed by atoms with Crippen molar-refractivity contribution >= 4 is 40.0 Å². The summed E-state index contributed by atoms with van der Waals surface area (Å²) in [5, 5.41) is 3.38. The second-order valence-electron chi connectivity index (χ2n) is 4.30. The van der Waals surface area contributed by atoms with E-state index in [-0.39, 0.29) is 11.9 Å². The Bertz CT molecular complexity index is 499. The van der Waals surface area contributed by atoms with Crippen molar-refractivity contribution in [3.8, 4) is 0 Å². The second-order valence-corrected chi connectivity index (χ2v) is 6.63. The number of esters is 1. The summed E-state index contributed by atoms with van der Waals surface area (Å²) in [5.74, 6) is 0.586. The highest BCUT2D eigenvalue weighted by atomic mass is 32.2. The Hall–Kier alpha value is -1.05. The smallest absolute Gasteiger partial charge is 0.341 e. The monoisotopic (exact) mass is 331 g/mol. The third-order valence-electron chi connectivity index (χ3n) is 2.78. The maximum absolute atomic E-state index is 12.0. The van der Waals surface area contributed by atoms with Crippen LogP contribution in [0.1, 0.15) is 27.7 Å². The van der Waals surface area contributed by atoms with Gasteiger partial charge in [0.15, 0.2) is 0 Å². The molecule has 0 aliphatic carbocycles. The average Bonchev–Trinajstić information content (AvgIpc) is 2.70. The number of aryl methyl sites for hydroxylation is 1. The summed E-state index contributed by atoms with van der Waals surface area (Å²) in [6, 6.07) is 0. The lowest BCUT2D eigenvalue weighted by Crippen LogP contribution is -2.17. The molecule has 0 saturated carbocycles. The number of carbonyl (C=O) groups is 2. The number of carbonyl (C=O) groups excluding carboxylic acids is 2. The molecule has 0 aromatic carbocycles. The fraction of sp³-hybridized carbons (Fsp3) is 0.571. The van der Waals surface area contributed by atoms with Gasteiger partial charge in [0.1, 0.15) is 5.00 Å². The molecule has 21 heavy (non-hydrogen) atoms. The third kappa shape index (κ3) is 5.33. The van der Waals surface area contributed by atoms with Crippen LogP contribution in [0.4, 0.5) is 5.00 Å². The van der Waals surface area contributed by atoms with Crippen LogP contribution in [-0.4, -0.2) is 43.7 Å². The van der Waals surface area contributed by atoms with E-state index in [9.17, 15) is 9.59 Å². The minimum atomic E-state index is -0.387. The van der Waals surface area contributed by atoms with Crippen molar-refractivity contribution in [2.45, 2.75) is 20.8 Å². The molecule has 1 amide bonds. The van der Waals surface area contributed by atoms with Gasteiger partial charge in [-0.3, -0.25) is 4.79 Å². The quantitative estimate of drug-likeness (QED) is 0.586. The van der Waals surface area contributed by atoms with Gasteiger partial charge in [0.25, 0.3) is 0 Å². The van der Waals surface area contributed by atoms with Crippen molar-refractivity contribution in [2.75, 3.05) is 37.1 Å². The molecule has 0 spiro atoms. The number of anilines is 1. The Morgan fingerprint density at radius 3 is 2.67 bits per heavy atom. The number of rotatable bonds is 8. The number of hydrogen-bond donors (Lipinski definition) is 1. The average molecular weight is 331 g/mol. The van der Waals surface area contributed by atoms with Crippen molar-refractivity contribution in [3.05, 3.63) is 16.0 Å². The van der Waals surface area contributed by atoms with Gasteiger partial charge in [0.05, 0.1) is 24.5 Å².